The monoisotopic (exact) mass is 377 g/mol. The number of aryl methyl sites for hydroxylation is 1. The first-order valence-corrected chi connectivity index (χ1v) is 9.58. The maximum atomic E-state index is 12.7. The van der Waals surface area contributed by atoms with Gasteiger partial charge in [0.25, 0.3) is 0 Å². The van der Waals surface area contributed by atoms with Gasteiger partial charge in [0.2, 0.25) is 0 Å². The van der Waals surface area contributed by atoms with Gasteiger partial charge in [-0.25, -0.2) is 4.79 Å². The van der Waals surface area contributed by atoms with Crippen LogP contribution in [0.15, 0.2) is 54.6 Å². The Hall–Kier alpha value is -3.22. The number of hydrogen-bond donors (Lipinski definition) is 1. The predicted octanol–water partition coefficient (Wildman–Crippen LogP) is 3.92. The molecule has 0 atom stereocenters. The Labute approximate surface area is 163 Å². The van der Waals surface area contributed by atoms with Crippen molar-refractivity contribution in [1.29, 1.82) is 0 Å². The summed E-state index contributed by atoms with van der Waals surface area (Å²) in [5, 5.41) is 15.6. The number of amides is 1. The molecular weight excluding hydrogens is 354 g/mol. The highest BCUT2D eigenvalue weighted by molar-refractivity contribution is 5.71. The highest BCUT2D eigenvalue weighted by Gasteiger charge is 2.41. The lowest BCUT2D eigenvalue weighted by molar-refractivity contribution is 0.162. The van der Waals surface area contributed by atoms with Gasteiger partial charge < -0.3 is 10.1 Å². The fourth-order valence-corrected chi connectivity index (χ4v) is 3.83. The van der Waals surface area contributed by atoms with Crippen LogP contribution in [0.2, 0.25) is 0 Å². The summed E-state index contributed by atoms with van der Waals surface area (Å²) in [6.45, 7) is 2.02. The molecule has 7 heteroatoms. The van der Waals surface area contributed by atoms with Crippen molar-refractivity contribution in [2.24, 2.45) is 0 Å². The van der Waals surface area contributed by atoms with Gasteiger partial charge in [-0.3, -0.25) is 0 Å². The van der Waals surface area contributed by atoms with E-state index < -0.39 is 11.6 Å². The van der Waals surface area contributed by atoms with E-state index in [9.17, 15) is 4.79 Å². The summed E-state index contributed by atoms with van der Waals surface area (Å²) < 4.78 is 7.22. The van der Waals surface area contributed by atoms with E-state index in [0.717, 1.165) is 43.4 Å². The zero-order valence-electron chi connectivity index (χ0n) is 15.8. The topological polar surface area (TPSA) is 81.9 Å². The van der Waals surface area contributed by atoms with E-state index in [-0.39, 0.29) is 0 Å². The Bertz CT molecular complexity index is 948. The van der Waals surface area contributed by atoms with Crippen LogP contribution >= 0.6 is 0 Å². The Kier molecular flexibility index (Phi) is 5.06. The summed E-state index contributed by atoms with van der Waals surface area (Å²) in [7, 11) is 0. The maximum Gasteiger partial charge on any atom is 0.413 e. The minimum atomic E-state index is -0.657. The van der Waals surface area contributed by atoms with Crippen LogP contribution in [0, 0.1) is 6.92 Å². The van der Waals surface area contributed by atoms with Crippen molar-refractivity contribution < 1.29 is 9.53 Å². The molecule has 4 rings (SSSR count). The smallest absolute Gasteiger partial charge is 0.410 e. The van der Waals surface area contributed by atoms with Crippen LogP contribution in [0.4, 0.5) is 4.79 Å². The third kappa shape index (κ3) is 3.60. The van der Waals surface area contributed by atoms with Crippen molar-refractivity contribution in [3.63, 3.8) is 0 Å². The molecule has 0 unspecified atom stereocenters. The average molecular weight is 377 g/mol. The standard InChI is InChI=1S/C21H23N5O2/c1-16-10-6-7-13-18(16)26-19(23-24-25-26)21(14-8-3-9-15-21)22-20(27)28-17-11-4-2-5-12-17/h2,4-7,10-13H,3,8-9,14-15H2,1H3,(H,22,27). The van der Waals surface area contributed by atoms with Crippen molar-refractivity contribution in [3.8, 4) is 11.4 Å². The van der Waals surface area contributed by atoms with Crippen LogP contribution in [-0.4, -0.2) is 26.3 Å². The average Bonchev–Trinajstić information content (AvgIpc) is 3.20. The number of benzene rings is 2. The molecule has 1 heterocycles. The van der Waals surface area contributed by atoms with E-state index in [0.29, 0.717) is 11.6 Å². The molecule has 1 N–H and O–H groups in total. The molecule has 0 saturated heterocycles. The Morgan fingerprint density at radius 1 is 1.04 bits per heavy atom. The molecule has 1 saturated carbocycles. The maximum absolute atomic E-state index is 12.7. The van der Waals surface area contributed by atoms with E-state index in [2.05, 4.69) is 20.8 Å². The van der Waals surface area contributed by atoms with Gasteiger partial charge in [-0.2, -0.15) is 4.68 Å². The van der Waals surface area contributed by atoms with Crippen LogP contribution in [-0.2, 0) is 5.54 Å². The number of carbonyl (C=O) groups is 1. The zero-order chi connectivity index (χ0) is 19.4. The van der Waals surface area contributed by atoms with E-state index in [1.54, 1.807) is 16.8 Å². The van der Waals surface area contributed by atoms with Crippen LogP contribution in [0.1, 0.15) is 43.5 Å². The Balaban J connectivity index is 1.66. The zero-order valence-corrected chi connectivity index (χ0v) is 15.8. The molecule has 2 aromatic carbocycles. The number of hydrogen-bond acceptors (Lipinski definition) is 5. The van der Waals surface area contributed by atoms with Crippen LogP contribution in [0.3, 0.4) is 0 Å². The minimum absolute atomic E-state index is 0.493. The fraction of sp³-hybridized carbons (Fsp3) is 0.333. The number of rotatable bonds is 4. The van der Waals surface area contributed by atoms with E-state index in [1.807, 2.05) is 49.4 Å². The second kappa shape index (κ2) is 7.80. The van der Waals surface area contributed by atoms with Crippen LogP contribution in [0.25, 0.3) is 5.69 Å². The van der Waals surface area contributed by atoms with Gasteiger partial charge in [-0.15, -0.1) is 5.10 Å². The number of nitrogens with zero attached hydrogens (tertiary/aromatic N) is 4. The SMILES string of the molecule is Cc1ccccc1-n1nnnc1C1(NC(=O)Oc2ccccc2)CCCCC1. The van der Waals surface area contributed by atoms with Crippen molar-refractivity contribution in [3.05, 3.63) is 66.0 Å². The van der Waals surface area contributed by atoms with Crippen molar-refractivity contribution in [1.82, 2.24) is 25.5 Å². The summed E-state index contributed by atoms with van der Waals surface area (Å²) in [6.07, 6.45) is 4.15. The fourth-order valence-electron chi connectivity index (χ4n) is 3.83. The van der Waals surface area contributed by atoms with Gasteiger partial charge >= 0.3 is 6.09 Å². The molecule has 7 nitrogen and oxygen atoms in total. The van der Waals surface area contributed by atoms with E-state index in [4.69, 9.17) is 4.74 Å². The highest BCUT2D eigenvalue weighted by atomic mass is 16.6. The molecular formula is C21H23N5O2. The number of nitrogens with one attached hydrogen (secondary N) is 1. The van der Waals surface area contributed by atoms with Gasteiger partial charge in [0.1, 0.15) is 11.3 Å². The van der Waals surface area contributed by atoms with E-state index >= 15 is 0 Å². The van der Waals surface area contributed by atoms with Crippen molar-refractivity contribution in [2.75, 3.05) is 0 Å². The molecule has 0 bridgehead atoms. The number of carbonyl (C=O) groups excluding carboxylic acids is 1. The molecule has 3 aromatic rings. The quantitative estimate of drug-likeness (QED) is 0.745. The molecule has 28 heavy (non-hydrogen) atoms. The molecule has 1 aromatic heterocycles. The molecule has 0 aliphatic heterocycles. The van der Waals surface area contributed by atoms with Gasteiger partial charge in [0.15, 0.2) is 5.82 Å². The molecule has 1 amide bonds. The lowest BCUT2D eigenvalue weighted by Crippen LogP contribution is -2.50. The molecule has 1 aliphatic rings. The summed E-state index contributed by atoms with van der Waals surface area (Å²) in [4.78, 5) is 12.7. The minimum Gasteiger partial charge on any atom is -0.410 e. The molecule has 1 fully saturated rings. The first-order chi connectivity index (χ1) is 13.7. The predicted molar refractivity (Wildman–Crippen MR) is 104 cm³/mol. The first kappa shape index (κ1) is 18.2. The van der Waals surface area contributed by atoms with E-state index in [1.165, 1.54) is 0 Å². The summed E-state index contributed by atoms with van der Waals surface area (Å²) in [5.74, 6) is 1.15. The number of ether oxygens (including phenoxy) is 1. The van der Waals surface area contributed by atoms with Crippen molar-refractivity contribution >= 4 is 6.09 Å². The third-order valence-corrected chi connectivity index (χ3v) is 5.24. The van der Waals surface area contributed by atoms with Gasteiger partial charge in [0.05, 0.1) is 5.69 Å². The van der Waals surface area contributed by atoms with Crippen LogP contribution < -0.4 is 10.1 Å². The second-order valence-corrected chi connectivity index (χ2v) is 7.17. The lowest BCUT2D eigenvalue weighted by atomic mass is 9.81. The first-order valence-electron chi connectivity index (χ1n) is 9.58. The number of aromatic nitrogens is 4. The number of tetrazole rings is 1. The summed E-state index contributed by atoms with van der Waals surface area (Å²) >= 11 is 0. The Morgan fingerprint density at radius 3 is 2.50 bits per heavy atom. The second-order valence-electron chi connectivity index (χ2n) is 7.17. The molecule has 1 aliphatic carbocycles. The summed E-state index contributed by atoms with van der Waals surface area (Å²) in [5.41, 5.74) is 1.31. The highest BCUT2D eigenvalue weighted by Crippen LogP contribution is 2.37. The van der Waals surface area contributed by atoms with Crippen molar-refractivity contribution in [2.45, 2.75) is 44.6 Å². The number of para-hydroxylation sites is 2. The van der Waals surface area contributed by atoms with Gasteiger partial charge in [-0.05, 0) is 54.0 Å². The third-order valence-electron chi connectivity index (χ3n) is 5.24. The van der Waals surface area contributed by atoms with Crippen LogP contribution in [0.5, 0.6) is 5.75 Å². The molecule has 0 spiro atoms. The molecule has 0 radical (unpaired) electrons. The molecule has 144 valence electrons. The van der Waals surface area contributed by atoms with Gasteiger partial charge in [0, 0.05) is 0 Å². The lowest BCUT2D eigenvalue weighted by Gasteiger charge is -2.36. The largest absolute Gasteiger partial charge is 0.413 e. The normalized spacial score (nSPS) is 15.8. The van der Waals surface area contributed by atoms with Gasteiger partial charge in [-0.1, -0.05) is 55.7 Å². The summed E-state index contributed by atoms with van der Waals surface area (Å²) in [6, 6.07) is 17.0. The Morgan fingerprint density at radius 2 is 1.75 bits per heavy atom.